The molecule has 1 aromatic heterocycles. The number of hydrogen-bond donors (Lipinski definition) is 0. The predicted octanol–water partition coefficient (Wildman–Crippen LogP) is 4.46. The van der Waals surface area contributed by atoms with Crippen LogP contribution in [0.5, 0.6) is 23.0 Å². The van der Waals surface area contributed by atoms with E-state index in [0.29, 0.717) is 34.0 Å². The largest absolute Gasteiger partial charge is 0.497 e. The maximum Gasteiger partial charge on any atom is 0.313 e. The van der Waals surface area contributed by atoms with Crippen molar-refractivity contribution in [2.45, 2.75) is 20.8 Å². The molecule has 140 valence electrons. The number of hydrogen-bond acceptors (Lipinski definition) is 6. The third-order valence-corrected chi connectivity index (χ3v) is 3.94. The third-order valence-electron chi connectivity index (χ3n) is 3.94. The number of methoxy groups -OCH3 is 1. The second-order valence-corrected chi connectivity index (χ2v) is 6.33. The average molecular weight is 368 g/mol. The summed E-state index contributed by atoms with van der Waals surface area (Å²) in [4.78, 5) is 24.6. The van der Waals surface area contributed by atoms with Gasteiger partial charge in [0.05, 0.1) is 18.4 Å². The zero-order valence-corrected chi connectivity index (χ0v) is 15.6. The van der Waals surface area contributed by atoms with E-state index >= 15 is 0 Å². The summed E-state index contributed by atoms with van der Waals surface area (Å²) in [6, 6.07) is 11.6. The van der Waals surface area contributed by atoms with Crippen molar-refractivity contribution in [3.05, 3.63) is 58.4 Å². The number of benzene rings is 2. The Morgan fingerprint density at radius 1 is 1.04 bits per heavy atom. The van der Waals surface area contributed by atoms with Gasteiger partial charge in [-0.25, -0.2) is 0 Å². The minimum atomic E-state index is -0.355. The van der Waals surface area contributed by atoms with Gasteiger partial charge in [0.15, 0.2) is 0 Å². The molecule has 0 aliphatic rings. The van der Waals surface area contributed by atoms with Crippen LogP contribution < -0.4 is 19.6 Å². The van der Waals surface area contributed by atoms with E-state index in [-0.39, 0.29) is 23.1 Å². The highest BCUT2D eigenvalue weighted by Gasteiger charge is 2.16. The Morgan fingerprint density at radius 2 is 1.78 bits per heavy atom. The molecule has 3 rings (SSSR count). The lowest BCUT2D eigenvalue weighted by Gasteiger charge is -2.11. The molecular formula is C21H20O6. The summed E-state index contributed by atoms with van der Waals surface area (Å²) in [5.41, 5.74) is 0.0165. The van der Waals surface area contributed by atoms with Gasteiger partial charge in [0, 0.05) is 12.1 Å². The molecule has 0 aliphatic heterocycles. The van der Waals surface area contributed by atoms with Crippen LogP contribution in [-0.2, 0) is 4.79 Å². The zero-order chi connectivity index (χ0) is 19.6. The van der Waals surface area contributed by atoms with Gasteiger partial charge in [0.2, 0.25) is 11.2 Å². The molecule has 2 aromatic carbocycles. The first-order valence-electron chi connectivity index (χ1n) is 8.50. The minimum Gasteiger partial charge on any atom is -0.497 e. The standard InChI is InChI=1S/C21H20O6/c1-12(2)21(23)27-16-8-9-17-18(11-16)25-13(3)20(19(17)22)26-15-7-5-6-14(10-15)24-4/h5-12H,1-4H3. The van der Waals surface area contributed by atoms with Crippen LogP contribution in [0.25, 0.3) is 11.0 Å². The first kappa shape index (κ1) is 18.5. The van der Waals surface area contributed by atoms with E-state index in [9.17, 15) is 9.59 Å². The quantitative estimate of drug-likeness (QED) is 0.489. The molecule has 0 saturated carbocycles. The molecule has 0 atom stereocenters. The van der Waals surface area contributed by atoms with E-state index in [4.69, 9.17) is 18.6 Å². The molecule has 0 unspecified atom stereocenters. The molecule has 0 amide bonds. The number of aryl methyl sites for hydroxylation is 1. The highest BCUT2D eigenvalue weighted by Crippen LogP contribution is 2.29. The van der Waals surface area contributed by atoms with Gasteiger partial charge in [0.25, 0.3) is 0 Å². The number of fused-ring (bicyclic) bond motifs is 1. The van der Waals surface area contributed by atoms with Crippen LogP contribution in [0.4, 0.5) is 0 Å². The van der Waals surface area contributed by atoms with Crippen LogP contribution in [0.2, 0.25) is 0 Å². The number of esters is 1. The van der Waals surface area contributed by atoms with E-state index in [1.807, 2.05) is 0 Å². The molecule has 27 heavy (non-hydrogen) atoms. The Balaban J connectivity index is 1.98. The van der Waals surface area contributed by atoms with E-state index in [0.717, 1.165) is 0 Å². The smallest absolute Gasteiger partial charge is 0.313 e. The molecule has 0 radical (unpaired) electrons. The van der Waals surface area contributed by atoms with Gasteiger partial charge in [-0.15, -0.1) is 0 Å². The van der Waals surface area contributed by atoms with E-state index in [2.05, 4.69) is 0 Å². The number of rotatable bonds is 5. The number of carbonyl (C=O) groups excluding carboxylic acids is 1. The summed E-state index contributed by atoms with van der Waals surface area (Å²) in [5.74, 6) is 1.22. The van der Waals surface area contributed by atoms with E-state index in [1.165, 1.54) is 6.07 Å². The zero-order valence-electron chi connectivity index (χ0n) is 15.6. The normalized spacial score (nSPS) is 10.9. The maximum atomic E-state index is 12.8. The summed E-state index contributed by atoms with van der Waals surface area (Å²) in [6.07, 6.45) is 0. The molecule has 6 nitrogen and oxygen atoms in total. The maximum absolute atomic E-state index is 12.8. The van der Waals surface area contributed by atoms with Crippen molar-refractivity contribution in [1.29, 1.82) is 0 Å². The monoisotopic (exact) mass is 368 g/mol. The van der Waals surface area contributed by atoms with Gasteiger partial charge in [-0.3, -0.25) is 9.59 Å². The predicted molar refractivity (Wildman–Crippen MR) is 101 cm³/mol. The third kappa shape index (κ3) is 3.95. The summed E-state index contributed by atoms with van der Waals surface area (Å²) in [5, 5.41) is 0.336. The molecule has 0 fully saturated rings. The van der Waals surface area contributed by atoms with Crippen LogP contribution in [0.1, 0.15) is 19.6 Å². The Hall–Kier alpha value is -3.28. The summed E-state index contributed by atoms with van der Waals surface area (Å²) < 4.78 is 21.9. The first-order chi connectivity index (χ1) is 12.9. The lowest BCUT2D eigenvalue weighted by Crippen LogP contribution is -2.15. The van der Waals surface area contributed by atoms with Gasteiger partial charge >= 0.3 is 5.97 Å². The number of carbonyl (C=O) groups is 1. The summed E-state index contributed by atoms with van der Waals surface area (Å²) in [6.45, 7) is 5.13. The van der Waals surface area contributed by atoms with Crippen LogP contribution in [-0.4, -0.2) is 13.1 Å². The van der Waals surface area contributed by atoms with Gasteiger partial charge in [-0.1, -0.05) is 19.9 Å². The lowest BCUT2D eigenvalue weighted by atomic mass is 10.2. The van der Waals surface area contributed by atoms with Gasteiger partial charge in [-0.2, -0.15) is 0 Å². The molecule has 0 saturated heterocycles. The van der Waals surface area contributed by atoms with Crippen molar-refractivity contribution >= 4 is 16.9 Å². The van der Waals surface area contributed by atoms with Crippen molar-refractivity contribution in [2.24, 2.45) is 5.92 Å². The van der Waals surface area contributed by atoms with Crippen molar-refractivity contribution in [3.8, 4) is 23.0 Å². The van der Waals surface area contributed by atoms with Crippen LogP contribution >= 0.6 is 0 Å². The van der Waals surface area contributed by atoms with Gasteiger partial charge in [-0.05, 0) is 31.2 Å². The first-order valence-corrected chi connectivity index (χ1v) is 8.50. The summed E-state index contributed by atoms with van der Waals surface area (Å²) >= 11 is 0. The SMILES string of the molecule is COc1cccc(Oc2c(C)oc3cc(OC(=O)C(C)C)ccc3c2=O)c1. The Kier molecular flexibility index (Phi) is 5.16. The van der Waals surface area contributed by atoms with Crippen molar-refractivity contribution in [3.63, 3.8) is 0 Å². The molecule has 0 N–H and O–H groups in total. The topological polar surface area (TPSA) is 75.0 Å². The van der Waals surface area contributed by atoms with Crippen molar-refractivity contribution in [1.82, 2.24) is 0 Å². The fraction of sp³-hybridized carbons (Fsp3) is 0.238. The van der Waals surface area contributed by atoms with Crippen LogP contribution in [0, 0.1) is 12.8 Å². The molecule has 3 aromatic rings. The summed E-state index contributed by atoms with van der Waals surface area (Å²) in [7, 11) is 1.55. The lowest BCUT2D eigenvalue weighted by molar-refractivity contribution is -0.137. The fourth-order valence-electron chi connectivity index (χ4n) is 2.47. The van der Waals surface area contributed by atoms with E-state index in [1.54, 1.807) is 64.3 Å². The molecular weight excluding hydrogens is 348 g/mol. The minimum absolute atomic E-state index is 0.0997. The molecule has 1 heterocycles. The second kappa shape index (κ2) is 7.53. The van der Waals surface area contributed by atoms with Crippen molar-refractivity contribution in [2.75, 3.05) is 7.11 Å². The number of ether oxygens (including phenoxy) is 3. The molecule has 0 aliphatic carbocycles. The average Bonchev–Trinajstić information content (AvgIpc) is 2.65. The molecule has 0 spiro atoms. The Morgan fingerprint density at radius 3 is 2.48 bits per heavy atom. The highest BCUT2D eigenvalue weighted by atomic mass is 16.5. The van der Waals surface area contributed by atoms with Gasteiger partial charge in [0.1, 0.15) is 28.6 Å². The Bertz CT molecular complexity index is 1050. The van der Waals surface area contributed by atoms with Crippen LogP contribution in [0.3, 0.4) is 0 Å². The van der Waals surface area contributed by atoms with Crippen molar-refractivity contribution < 1.29 is 23.4 Å². The van der Waals surface area contributed by atoms with Crippen LogP contribution in [0.15, 0.2) is 51.7 Å². The molecule has 6 heteroatoms. The molecule has 0 bridgehead atoms. The fourth-order valence-corrected chi connectivity index (χ4v) is 2.47. The van der Waals surface area contributed by atoms with Gasteiger partial charge < -0.3 is 18.6 Å². The second-order valence-electron chi connectivity index (χ2n) is 6.33. The van der Waals surface area contributed by atoms with E-state index < -0.39 is 0 Å². The highest BCUT2D eigenvalue weighted by molar-refractivity contribution is 5.81. The Labute approximate surface area is 156 Å².